The van der Waals surface area contributed by atoms with Crippen molar-refractivity contribution < 1.29 is 19.4 Å². The van der Waals surface area contributed by atoms with Gasteiger partial charge in [0.15, 0.2) is 0 Å². The number of rotatable bonds is 6. The maximum atomic E-state index is 11.9. The second-order valence-corrected chi connectivity index (χ2v) is 7.12. The van der Waals surface area contributed by atoms with E-state index in [1.54, 1.807) is 26.1 Å². The highest BCUT2D eigenvalue weighted by molar-refractivity contribution is 5.75. The largest absolute Gasteiger partial charge is 0.388 e. The Hall–Kier alpha value is -0.690. The maximum absolute atomic E-state index is 11.9. The van der Waals surface area contributed by atoms with Crippen molar-refractivity contribution in [3.05, 3.63) is 0 Å². The Balaban J connectivity index is 2.00. The number of likely N-dealkylation sites (tertiary alicyclic amines) is 1. The van der Waals surface area contributed by atoms with Gasteiger partial charge in [0.1, 0.15) is 0 Å². The normalized spacial score (nSPS) is 28.5. The van der Waals surface area contributed by atoms with Crippen molar-refractivity contribution in [1.29, 1.82) is 0 Å². The van der Waals surface area contributed by atoms with E-state index in [1.807, 2.05) is 0 Å². The van der Waals surface area contributed by atoms with Crippen LogP contribution >= 0.6 is 0 Å². The first-order chi connectivity index (χ1) is 10.9. The predicted molar refractivity (Wildman–Crippen MR) is 88.3 cm³/mol. The van der Waals surface area contributed by atoms with Crippen LogP contribution in [0.2, 0.25) is 0 Å². The van der Waals surface area contributed by atoms with E-state index in [4.69, 9.17) is 9.47 Å². The molecule has 2 aliphatic heterocycles. The van der Waals surface area contributed by atoms with E-state index in [9.17, 15) is 9.90 Å². The summed E-state index contributed by atoms with van der Waals surface area (Å²) in [7, 11) is 5.33. The Kier molecular flexibility index (Phi) is 6.83. The summed E-state index contributed by atoms with van der Waals surface area (Å²) in [6.45, 7) is 2.87. The molecule has 1 N–H and O–H groups in total. The molecule has 0 unspecified atom stereocenters. The van der Waals surface area contributed by atoms with Crippen molar-refractivity contribution >= 4 is 5.91 Å². The molecule has 0 aromatic rings. The Bertz CT molecular complexity index is 383. The third-order valence-electron chi connectivity index (χ3n) is 5.21. The zero-order valence-corrected chi connectivity index (χ0v) is 14.8. The fourth-order valence-corrected chi connectivity index (χ4v) is 3.71. The fourth-order valence-electron chi connectivity index (χ4n) is 3.71. The van der Waals surface area contributed by atoms with E-state index in [2.05, 4.69) is 4.90 Å². The van der Waals surface area contributed by atoms with Gasteiger partial charge in [0.2, 0.25) is 5.91 Å². The number of carbonyl (C=O) groups excluding carboxylic acids is 1. The average Bonchev–Trinajstić information content (AvgIpc) is 2.53. The lowest BCUT2D eigenvalue weighted by Crippen LogP contribution is -2.56. The van der Waals surface area contributed by atoms with Gasteiger partial charge in [0, 0.05) is 66.3 Å². The summed E-state index contributed by atoms with van der Waals surface area (Å²) in [6.07, 6.45) is 4.91. The Labute approximate surface area is 139 Å². The van der Waals surface area contributed by atoms with Crippen molar-refractivity contribution in [1.82, 2.24) is 9.80 Å². The van der Waals surface area contributed by atoms with Gasteiger partial charge in [0.05, 0.1) is 11.7 Å². The predicted octanol–water partition coefficient (Wildman–Crippen LogP) is 0.876. The summed E-state index contributed by atoms with van der Waals surface area (Å²) in [5, 5.41) is 10.8. The zero-order chi connectivity index (χ0) is 16.9. The molecule has 0 saturated carbocycles. The molecule has 0 spiro atoms. The molecular weight excluding hydrogens is 296 g/mol. The van der Waals surface area contributed by atoms with Gasteiger partial charge in [-0.15, -0.1) is 0 Å². The molecule has 6 nitrogen and oxygen atoms in total. The number of piperidine rings is 1. The lowest BCUT2D eigenvalue weighted by molar-refractivity contribution is -0.130. The molecule has 6 heteroatoms. The number of aliphatic hydroxyl groups is 1. The lowest BCUT2D eigenvalue weighted by Gasteiger charge is -2.45. The van der Waals surface area contributed by atoms with Crippen LogP contribution in [-0.2, 0) is 14.3 Å². The van der Waals surface area contributed by atoms with Crippen molar-refractivity contribution in [2.45, 2.75) is 56.3 Å². The van der Waals surface area contributed by atoms with Crippen LogP contribution in [0.15, 0.2) is 0 Å². The number of nitrogens with zero attached hydrogens (tertiary/aromatic N) is 2. The van der Waals surface area contributed by atoms with Crippen molar-refractivity contribution in [3.8, 4) is 0 Å². The third-order valence-corrected chi connectivity index (χ3v) is 5.21. The van der Waals surface area contributed by atoms with Crippen molar-refractivity contribution in [3.63, 3.8) is 0 Å². The fraction of sp³-hybridized carbons (Fsp3) is 0.941. The van der Waals surface area contributed by atoms with Crippen LogP contribution < -0.4 is 0 Å². The van der Waals surface area contributed by atoms with Gasteiger partial charge in [-0.2, -0.15) is 0 Å². The minimum absolute atomic E-state index is 0.141. The first-order valence-corrected chi connectivity index (χ1v) is 8.72. The number of hydrogen-bond donors (Lipinski definition) is 1. The van der Waals surface area contributed by atoms with Crippen LogP contribution in [0.25, 0.3) is 0 Å². The van der Waals surface area contributed by atoms with E-state index in [1.165, 1.54) is 0 Å². The number of carbonyl (C=O) groups is 1. The van der Waals surface area contributed by atoms with E-state index >= 15 is 0 Å². The highest BCUT2D eigenvalue weighted by Gasteiger charge is 2.38. The molecule has 2 saturated heterocycles. The number of β-amino-alcohol motifs (C(OH)–C–C–N with tert-alkyl or cyclic N) is 1. The second-order valence-electron chi connectivity index (χ2n) is 7.12. The topological polar surface area (TPSA) is 62.2 Å². The van der Waals surface area contributed by atoms with E-state index in [0.717, 1.165) is 25.8 Å². The molecule has 2 heterocycles. The molecule has 2 aliphatic rings. The summed E-state index contributed by atoms with van der Waals surface area (Å²) in [6, 6.07) is 0.199. The smallest absolute Gasteiger partial charge is 0.222 e. The monoisotopic (exact) mass is 328 g/mol. The molecule has 2 rings (SSSR count). The summed E-state index contributed by atoms with van der Waals surface area (Å²) in [4.78, 5) is 15.9. The average molecular weight is 328 g/mol. The highest BCUT2D eigenvalue weighted by Crippen LogP contribution is 2.29. The molecule has 2 atom stereocenters. The van der Waals surface area contributed by atoms with Crippen LogP contribution in [0.4, 0.5) is 0 Å². The quantitative estimate of drug-likeness (QED) is 0.784. The molecular formula is C17H32N2O4. The van der Waals surface area contributed by atoms with Crippen molar-refractivity contribution in [2.75, 3.05) is 47.5 Å². The SMILES string of the molecule is CO[C@H]1CCCN(CC2(O)CCOCC2)[C@H]1CCC(=O)N(C)C. The standard InChI is InChI=1S/C17H32N2O4/c1-18(2)16(20)7-6-14-15(22-3)5-4-10-19(14)13-17(21)8-11-23-12-9-17/h14-15,21H,4-13H2,1-3H3/t14-,15-/m0/s1. The van der Waals surface area contributed by atoms with E-state index in [0.29, 0.717) is 39.0 Å². The summed E-state index contributed by atoms with van der Waals surface area (Å²) in [5.41, 5.74) is -0.669. The van der Waals surface area contributed by atoms with E-state index in [-0.39, 0.29) is 18.1 Å². The number of amides is 1. The van der Waals surface area contributed by atoms with Crippen molar-refractivity contribution in [2.24, 2.45) is 0 Å². The first-order valence-electron chi connectivity index (χ1n) is 8.72. The summed E-state index contributed by atoms with van der Waals surface area (Å²) < 4.78 is 11.1. The molecule has 1 amide bonds. The molecule has 0 aromatic carbocycles. The van der Waals surface area contributed by atoms with Crippen LogP contribution in [0.1, 0.15) is 38.5 Å². The second kappa shape index (κ2) is 8.42. The lowest BCUT2D eigenvalue weighted by atomic mass is 9.89. The van der Waals surface area contributed by atoms with Crippen LogP contribution in [0.5, 0.6) is 0 Å². The summed E-state index contributed by atoms with van der Waals surface area (Å²) >= 11 is 0. The van der Waals surface area contributed by atoms with Crippen LogP contribution in [-0.4, -0.2) is 86.1 Å². The van der Waals surface area contributed by atoms with E-state index < -0.39 is 5.60 Å². The Morgan fingerprint density at radius 3 is 2.70 bits per heavy atom. The molecule has 0 aliphatic carbocycles. The number of methoxy groups -OCH3 is 1. The first kappa shape index (κ1) is 18.6. The highest BCUT2D eigenvalue weighted by atomic mass is 16.5. The molecule has 23 heavy (non-hydrogen) atoms. The zero-order valence-electron chi connectivity index (χ0n) is 14.8. The van der Waals surface area contributed by atoms with Gasteiger partial charge in [-0.25, -0.2) is 0 Å². The maximum Gasteiger partial charge on any atom is 0.222 e. The summed E-state index contributed by atoms with van der Waals surface area (Å²) in [5.74, 6) is 0.148. The Morgan fingerprint density at radius 1 is 1.39 bits per heavy atom. The minimum Gasteiger partial charge on any atom is -0.388 e. The minimum atomic E-state index is -0.669. The molecule has 134 valence electrons. The van der Waals surface area contributed by atoms with Gasteiger partial charge in [-0.3, -0.25) is 9.69 Å². The van der Waals surface area contributed by atoms with Gasteiger partial charge in [-0.05, 0) is 25.8 Å². The van der Waals surface area contributed by atoms with Crippen LogP contribution in [0, 0.1) is 0 Å². The van der Waals surface area contributed by atoms with Gasteiger partial charge >= 0.3 is 0 Å². The Morgan fingerprint density at radius 2 is 2.09 bits per heavy atom. The van der Waals surface area contributed by atoms with Gasteiger partial charge < -0.3 is 19.5 Å². The third kappa shape index (κ3) is 5.14. The number of hydrogen-bond acceptors (Lipinski definition) is 5. The van der Waals surface area contributed by atoms with Crippen LogP contribution in [0.3, 0.4) is 0 Å². The molecule has 0 aromatic heterocycles. The van der Waals surface area contributed by atoms with Gasteiger partial charge in [0.25, 0.3) is 0 Å². The molecule has 2 fully saturated rings. The number of ether oxygens (including phenoxy) is 2. The molecule has 0 radical (unpaired) electrons. The molecule has 0 bridgehead atoms. The van der Waals surface area contributed by atoms with Gasteiger partial charge in [-0.1, -0.05) is 0 Å².